The summed E-state index contributed by atoms with van der Waals surface area (Å²) in [5.41, 5.74) is 2.89. The van der Waals surface area contributed by atoms with E-state index in [-0.39, 0.29) is 0 Å². The summed E-state index contributed by atoms with van der Waals surface area (Å²) < 4.78 is 0. The van der Waals surface area contributed by atoms with Crippen molar-refractivity contribution in [3.63, 3.8) is 0 Å². The van der Waals surface area contributed by atoms with Gasteiger partial charge in [0.2, 0.25) is 0 Å². The lowest BCUT2D eigenvalue weighted by Crippen LogP contribution is -2.40. The highest BCUT2D eigenvalue weighted by atomic mass is 15.1. The highest BCUT2D eigenvalue weighted by Crippen LogP contribution is 2.18. The Morgan fingerprint density at radius 3 is 2.55 bits per heavy atom. The van der Waals surface area contributed by atoms with Crippen molar-refractivity contribution in [1.29, 1.82) is 0 Å². The minimum Gasteiger partial charge on any atom is -0.314 e. The normalized spacial score (nSPS) is 20.5. The largest absolute Gasteiger partial charge is 0.314 e. The van der Waals surface area contributed by atoms with Crippen LogP contribution in [0.25, 0.3) is 0 Å². The Morgan fingerprint density at radius 1 is 1.20 bits per heavy atom. The van der Waals surface area contributed by atoms with Gasteiger partial charge < -0.3 is 5.32 Å². The molecule has 1 unspecified atom stereocenters. The number of likely N-dealkylation sites (tertiary alicyclic amines) is 1. The first-order valence-electron chi connectivity index (χ1n) is 8.21. The zero-order chi connectivity index (χ0) is 14.4. The highest BCUT2D eigenvalue weighted by molar-refractivity contribution is 5.22. The van der Waals surface area contributed by atoms with Gasteiger partial charge in [-0.05, 0) is 49.4 Å². The fourth-order valence-electron chi connectivity index (χ4n) is 3.00. The number of hydrogen-bond donors (Lipinski definition) is 1. The molecule has 0 saturated carbocycles. The van der Waals surface area contributed by atoms with Gasteiger partial charge in [0.15, 0.2) is 0 Å². The number of piperidine rings is 1. The van der Waals surface area contributed by atoms with Crippen molar-refractivity contribution in [2.45, 2.75) is 52.6 Å². The van der Waals surface area contributed by atoms with E-state index in [1.165, 1.54) is 43.6 Å². The lowest BCUT2D eigenvalue weighted by molar-refractivity contribution is 0.164. The summed E-state index contributed by atoms with van der Waals surface area (Å²) in [6.45, 7) is 11.5. The Kier molecular flexibility index (Phi) is 6.06. The first-order valence-corrected chi connectivity index (χ1v) is 8.21. The number of aryl methyl sites for hydroxylation is 1. The average Bonchev–Trinajstić information content (AvgIpc) is 2.46. The third-order valence-electron chi connectivity index (χ3n) is 4.26. The monoisotopic (exact) mass is 274 g/mol. The highest BCUT2D eigenvalue weighted by Gasteiger charge is 2.19. The lowest BCUT2D eigenvalue weighted by Gasteiger charge is -2.33. The molecule has 1 N–H and O–H groups in total. The lowest BCUT2D eigenvalue weighted by atomic mass is 9.97. The van der Waals surface area contributed by atoms with Crippen LogP contribution in [0, 0.1) is 5.92 Å². The van der Waals surface area contributed by atoms with Crippen LogP contribution in [0.3, 0.4) is 0 Å². The molecule has 1 saturated heterocycles. The maximum Gasteiger partial charge on any atom is 0.0233 e. The quantitative estimate of drug-likeness (QED) is 0.854. The number of rotatable bonds is 6. The van der Waals surface area contributed by atoms with Crippen LogP contribution >= 0.6 is 0 Å². The first kappa shape index (κ1) is 15.5. The maximum atomic E-state index is 3.59. The molecule has 0 aliphatic carbocycles. The summed E-state index contributed by atoms with van der Waals surface area (Å²) in [5, 5.41) is 3.59. The number of nitrogens with zero attached hydrogens (tertiary/aromatic N) is 1. The van der Waals surface area contributed by atoms with Crippen molar-refractivity contribution in [1.82, 2.24) is 10.2 Å². The molecule has 0 bridgehead atoms. The summed E-state index contributed by atoms with van der Waals surface area (Å²) in [7, 11) is 0. The molecule has 0 amide bonds. The van der Waals surface area contributed by atoms with E-state index >= 15 is 0 Å². The average molecular weight is 274 g/mol. The summed E-state index contributed by atoms with van der Waals surface area (Å²) in [4.78, 5) is 2.62. The van der Waals surface area contributed by atoms with Gasteiger partial charge in [-0.1, -0.05) is 45.0 Å². The van der Waals surface area contributed by atoms with Gasteiger partial charge in [0.1, 0.15) is 0 Å². The molecule has 1 heterocycles. The van der Waals surface area contributed by atoms with E-state index < -0.39 is 0 Å². The van der Waals surface area contributed by atoms with Crippen molar-refractivity contribution in [3.05, 3.63) is 35.4 Å². The van der Waals surface area contributed by atoms with Crippen molar-refractivity contribution in [2.75, 3.05) is 19.6 Å². The second kappa shape index (κ2) is 7.80. The Hall–Kier alpha value is -0.860. The molecule has 0 spiro atoms. The van der Waals surface area contributed by atoms with Crippen LogP contribution in [0.4, 0.5) is 0 Å². The van der Waals surface area contributed by atoms with Gasteiger partial charge in [0.25, 0.3) is 0 Å². The smallest absolute Gasteiger partial charge is 0.0233 e. The molecule has 1 atom stereocenters. The molecule has 112 valence electrons. The molecular weight excluding hydrogens is 244 g/mol. The molecule has 0 radical (unpaired) electrons. The zero-order valence-electron chi connectivity index (χ0n) is 13.4. The maximum absolute atomic E-state index is 3.59. The van der Waals surface area contributed by atoms with Gasteiger partial charge in [0, 0.05) is 19.1 Å². The van der Waals surface area contributed by atoms with Crippen molar-refractivity contribution in [3.8, 4) is 0 Å². The minimum absolute atomic E-state index is 0.604. The van der Waals surface area contributed by atoms with Crippen LogP contribution in [-0.2, 0) is 13.0 Å². The Labute approximate surface area is 124 Å². The van der Waals surface area contributed by atoms with Gasteiger partial charge in [0.05, 0.1) is 0 Å². The third-order valence-corrected chi connectivity index (χ3v) is 4.26. The van der Waals surface area contributed by atoms with Gasteiger partial charge in [-0.25, -0.2) is 0 Å². The summed E-state index contributed by atoms with van der Waals surface area (Å²) in [5.74, 6) is 0.820. The molecule has 1 aromatic rings. The Balaban J connectivity index is 1.82. The van der Waals surface area contributed by atoms with E-state index in [0.717, 1.165) is 18.9 Å². The van der Waals surface area contributed by atoms with Crippen molar-refractivity contribution in [2.24, 2.45) is 5.92 Å². The Bertz CT molecular complexity index is 383. The van der Waals surface area contributed by atoms with Crippen molar-refractivity contribution < 1.29 is 0 Å². The summed E-state index contributed by atoms with van der Waals surface area (Å²) >= 11 is 0. The van der Waals surface area contributed by atoms with E-state index in [9.17, 15) is 0 Å². The number of hydrogen-bond acceptors (Lipinski definition) is 2. The molecule has 1 fully saturated rings. The van der Waals surface area contributed by atoms with Gasteiger partial charge in [-0.2, -0.15) is 0 Å². The molecule has 1 aliphatic heterocycles. The molecule has 1 aliphatic rings. The number of benzene rings is 1. The first-order chi connectivity index (χ1) is 9.67. The number of nitrogens with one attached hydrogen (secondary N) is 1. The molecule has 1 aromatic carbocycles. The SMILES string of the molecule is CCc1ccc(CN2CCCC(CNC(C)C)C2)cc1. The zero-order valence-corrected chi connectivity index (χ0v) is 13.4. The predicted molar refractivity (Wildman–Crippen MR) is 87.0 cm³/mol. The third kappa shape index (κ3) is 4.92. The van der Waals surface area contributed by atoms with Crippen LogP contribution in [0.15, 0.2) is 24.3 Å². The van der Waals surface area contributed by atoms with E-state index in [2.05, 4.69) is 55.3 Å². The molecular formula is C18H30N2. The van der Waals surface area contributed by atoms with Crippen LogP contribution in [0.2, 0.25) is 0 Å². The van der Waals surface area contributed by atoms with Crippen LogP contribution in [0.1, 0.15) is 44.7 Å². The fraction of sp³-hybridized carbons (Fsp3) is 0.667. The topological polar surface area (TPSA) is 15.3 Å². The van der Waals surface area contributed by atoms with Crippen LogP contribution < -0.4 is 5.32 Å². The van der Waals surface area contributed by atoms with Gasteiger partial charge in [-0.3, -0.25) is 4.90 Å². The standard InChI is InChI=1S/C18H30N2/c1-4-16-7-9-17(10-8-16)13-20-11-5-6-18(14-20)12-19-15(2)3/h7-10,15,18-19H,4-6,11-14H2,1-3H3. The molecule has 2 rings (SSSR count). The fourth-order valence-corrected chi connectivity index (χ4v) is 3.00. The summed E-state index contributed by atoms with van der Waals surface area (Å²) in [6.07, 6.45) is 3.86. The second-order valence-corrected chi connectivity index (χ2v) is 6.48. The Morgan fingerprint density at radius 2 is 1.90 bits per heavy atom. The minimum atomic E-state index is 0.604. The van der Waals surface area contributed by atoms with E-state index in [1.54, 1.807) is 0 Å². The van der Waals surface area contributed by atoms with Gasteiger partial charge >= 0.3 is 0 Å². The molecule has 2 heteroatoms. The van der Waals surface area contributed by atoms with E-state index in [4.69, 9.17) is 0 Å². The van der Waals surface area contributed by atoms with E-state index in [1.807, 2.05) is 0 Å². The van der Waals surface area contributed by atoms with Crippen LogP contribution in [-0.4, -0.2) is 30.6 Å². The molecule has 20 heavy (non-hydrogen) atoms. The predicted octanol–water partition coefficient (Wildman–Crippen LogP) is 3.46. The van der Waals surface area contributed by atoms with E-state index in [0.29, 0.717) is 6.04 Å². The van der Waals surface area contributed by atoms with Gasteiger partial charge in [-0.15, -0.1) is 0 Å². The van der Waals surface area contributed by atoms with Crippen molar-refractivity contribution >= 4 is 0 Å². The second-order valence-electron chi connectivity index (χ2n) is 6.48. The summed E-state index contributed by atoms with van der Waals surface area (Å²) in [6, 6.07) is 9.75. The molecule has 0 aromatic heterocycles. The van der Waals surface area contributed by atoms with Crippen LogP contribution in [0.5, 0.6) is 0 Å². The molecule has 2 nitrogen and oxygen atoms in total.